The highest BCUT2D eigenvalue weighted by Crippen LogP contribution is 2.31. The number of aromatic amines is 1. The number of hydrogen-bond acceptors (Lipinski definition) is 4. The van der Waals surface area contributed by atoms with Crippen molar-refractivity contribution in [2.24, 2.45) is 0 Å². The Morgan fingerprint density at radius 3 is 2.53 bits per heavy atom. The highest BCUT2D eigenvalue weighted by molar-refractivity contribution is 6.03. The lowest BCUT2D eigenvalue weighted by atomic mass is 10.1. The summed E-state index contributed by atoms with van der Waals surface area (Å²) >= 11 is 0. The van der Waals surface area contributed by atoms with Crippen molar-refractivity contribution in [1.82, 2.24) is 20.0 Å². The number of benzene rings is 2. The van der Waals surface area contributed by atoms with Crippen LogP contribution in [-0.2, 0) is 6.18 Å². The number of alkyl halides is 3. The first-order chi connectivity index (χ1) is 15.2. The maximum atomic E-state index is 13.1. The fourth-order valence-electron chi connectivity index (χ4n) is 3.13. The minimum atomic E-state index is -4.49. The van der Waals surface area contributed by atoms with Gasteiger partial charge in [-0.2, -0.15) is 23.4 Å². The normalized spacial score (nSPS) is 11.4. The SMILES string of the molecule is COc1ccc(-c2cc(C(=O)Nc3cc(C)nn3-c3cccc(C(F)(F)F)c3)[nH]n2)cc1. The number of aryl methyl sites for hydroxylation is 1. The van der Waals surface area contributed by atoms with E-state index in [1.54, 1.807) is 38.3 Å². The van der Waals surface area contributed by atoms with Crippen LogP contribution in [-0.4, -0.2) is 33.0 Å². The fraction of sp³-hybridized carbons (Fsp3) is 0.136. The number of nitrogens with zero attached hydrogens (tertiary/aromatic N) is 3. The molecular weight excluding hydrogens is 423 g/mol. The van der Waals surface area contributed by atoms with Crippen molar-refractivity contribution in [1.29, 1.82) is 0 Å². The predicted octanol–water partition coefficient (Wildman–Crippen LogP) is 4.85. The summed E-state index contributed by atoms with van der Waals surface area (Å²) in [5, 5.41) is 13.7. The average molecular weight is 441 g/mol. The van der Waals surface area contributed by atoms with E-state index in [-0.39, 0.29) is 17.2 Å². The van der Waals surface area contributed by atoms with Crippen LogP contribution in [0.5, 0.6) is 5.75 Å². The summed E-state index contributed by atoms with van der Waals surface area (Å²) < 4.78 is 45.6. The summed E-state index contributed by atoms with van der Waals surface area (Å²) in [4.78, 5) is 12.8. The van der Waals surface area contributed by atoms with E-state index in [0.29, 0.717) is 17.1 Å². The van der Waals surface area contributed by atoms with Gasteiger partial charge in [0.1, 0.15) is 17.3 Å². The van der Waals surface area contributed by atoms with Gasteiger partial charge in [-0.25, -0.2) is 4.68 Å². The second-order valence-corrected chi connectivity index (χ2v) is 6.98. The number of halogens is 3. The van der Waals surface area contributed by atoms with Gasteiger partial charge in [-0.05, 0) is 55.5 Å². The molecule has 32 heavy (non-hydrogen) atoms. The molecule has 0 bridgehead atoms. The number of H-pyrrole nitrogens is 1. The molecule has 0 radical (unpaired) electrons. The van der Waals surface area contributed by atoms with E-state index < -0.39 is 17.6 Å². The topological polar surface area (TPSA) is 84.8 Å². The van der Waals surface area contributed by atoms with Crippen molar-refractivity contribution in [3.63, 3.8) is 0 Å². The second kappa shape index (κ2) is 8.22. The van der Waals surface area contributed by atoms with E-state index in [1.165, 1.54) is 16.8 Å². The predicted molar refractivity (Wildman–Crippen MR) is 112 cm³/mol. The molecule has 2 N–H and O–H groups in total. The molecule has 0 aliphatic carbocycles. The lowest BCUT2D eigenvalue weighted by Gasteiger charge is -2.11. The van der Waals surface area contributed by atoms with Crippen LogP contribution in [0.15, 0.2) is 60.7 Å². The van der Waals surface area contributed by atoms with Gasteiger partial charge in [0.05, 0.1) is 29.7 Å². The molecule has 0 saturated carbocycles. The molecule has 0 aliphatic rings. The lowest BCUT2D eigenvalue weighted by Crippen LogP contribution is -2.16. The monoisotopic (exact) mass is 441 g/mol. The van der Waals surface area contributed by atoms with Crippen molar-refractivity contribution in [3.8, 4) is 22.7 Å². The molecule has 4 aromatic rings. The lowest BCUT2D eigenvalue weighted by molar-refractivity contribution is -0.137. The molecule has 2 heterocycles. The Morgan fingerprint density at radius 1 is 1.09 bits per heavy atom. The molecule has 2 aromatic carbocycles. The molecule has 0 fully saturated rings. The standard InChI is InChI=1S/C22H18F3N5O2/c1-13-10-20(30(29-13)16-5-3-4-15(11-16)22(23,24)25)26-21(31)19-12-18(27-28-19)14-6-8-17(32-2)9-7-14/h3-12H,1-2H3,(H,26,31)(H,27,28). The fourth-order valence-corrected chi connectivity index (χ4v) is 3.13. The number of aromatic nitrogens is 4. The zero-order chi connectivity index (χ0) is 22.9. The van der Waals surface area contributed by atoms with Gasteiger partial charge in [-0.15, -0.1) is 0 Å². The smallest absolute Gasteiger partial charge is 0.416 e. The summed E-state index contributed by atoms with van der Waals surface area (Å²) in [5.74, 6) is 0.415. The van der Waals surface area contributed by atoms with Crippen molar-refractivity contribution in [2.45, 2.75) is 13.1 Å². The Hall–Kier alpha value is -4.08. The van der Waals surface area contributed by atoms with Gasteiger partial charge in [0, 0.05) is 11.6 Å². The molecule has 2 aromatic heterocycles. The van der Waals surface area contributed by atoms with Gasteiger partial charge in [0.15, 0.2) is 0 Å². The largest absolute Gasteiger partial charge is 0.497 e. The number of carbonyl (C=O) groups excluding carboxylic acids is 1. The molecule has 164 valence electrons. The van der Waals surface area contributed by atoms with E-state index in [4.69, 9.17) is 4.74 Å². The third-order valence-electron chi connectivity index (χ3n) is 4.70. The Kier molecular flexibility index (Phi) is 5.43. The highest BCUT2D eigenvalue weighted by atomic mass is 19.4. The third kappa shape index (κ3) is 4.34. The van der Waals surface area contributed by atoms with E-state index in [9.17, 15) is 18.0 Å². The van der Waals surface area contributed by atoms with Crippen molar-refractivity contribution in [2.75, 3.05) is 12.4 Å². The Bertz CT molecular complexity index is 1260. The first kappa shape index (κ1) is 21.2. The van der Waals surface area contributed by atoms with Crippen molar-refractivity contribution in [3.05, 3.63) is 77.6 Å². The van der Waals surface area contributed by atoms with Crippen LogP contribution in [0.3, 0.4) is 0 Å². The third-order valence-corrected chi connectivity index (χ3v) is 4.70. The molecule has 7 nitrogen and oxygen atoms in total. The quantitative estimate of drug-likeness (QED) is 0.464. The highest BCUT2D eigenvalue weighted by Gasteiger charge is 2.30. The van der Waals surface area contributed by atoms with Gasteiger partial charge < -0.3 is 10.1 Å². The number of nitrogens with one attached hydrogen (secondary N) is 2. The summed E-state index contributed by atoms with van der Waals surface area (Å²) in [6.45, 7) is 1.68. The number of carbonyl (C=O) groups is 1. The number of amides is 1. The first-order valence-electron chi connectivity index (χ1n) is 9.50. The Labute approximate surface area is 180 Å². The molecule has 4 rings (SSSR count). The molecule has 0 unspecified atom stereocenters. The summed E-state index contributed by atoms with van der Waals surface area (Å²) in [6, 6.07) is 15.0. The van der Waals surface area contributed by atoms with Gasteiger partial charge in [0.25, 0.3) is 5.91 Å². The van der Waals surface area contributed by atoms with Crippen LogP contribution in [0.2, 0.25) is 0 Å². The van der Waals surface area contributed by atoms with Crippen LogP contribution in [0.4, 0.5) is 19.0 Å². The summed E-state index contributed by atoms with van der Waals surface area (Å²) in [7, 11) is 1.57. The molecule has 0 atom stereocenters. The summed E-state index contributed by atoms with van der Waals surface area (Å²) in [5.41, 5.74) is 1.42. The van der Waals surface area contributed by atoms with Crippen LogP contribution >= 0.6 is 0 Å². The average Bonchev–Trinajstić information content (AvgIpc) is 3.40. The number of ether oxygens (including phenoxy) is 1. The molecular formula is C22H18F3N5O2. The molecule has 0 saturated heterocycles. The first-order valence-corrected chi connectivity index (χ1v) is 9.50. The van der Waals surface area contributed by atoms with Crippen LogP contribution < -0.4 is 10.1 Å². The van der Waals surface area contributed by atoms with Gasteiger partial charge in [-0.1, -0.05) is 6.07 Å². The van der Waals surface area contributed by atoms with Crippen molar-refractivity contribution >= 4 is 11.7 Å². The number of rotatable bonds is 5. The maximum absolute atomic E-state index is 13.1. The minimum absolute atomic E-state index is 0.173. The van der Waals surface area contributed by atoms with E-state index in [0.717, 1.165) is 17.7 Å². The summed E-state index contributed by atoms with van der Waals surface area (Å²) in [6.07, 6.45) is -4.49. The van der Waals surface area contributed by atoms with Crippen molar-refractivity contribution < 1.29 is 22.7 Å². The Balaban J connectivity index is 1.58. The molecule has 10 heteroatoms. The van der Waals surface area contributed by atoms with Gasteiger partial charge >= 0.3 is 6.18 Å². The van der Waals surface area contributed by atoms with Crippen LogP contribution in [0, 0.1) is 6.92 Å². The maximum Gasteiger partial charge on any atom is 0.416 e. The zero-order valence-electron chi connectivity index (χ0n) is 17.1. The minimum Gasteiger partial charge on any atom is -0.497 e. The van der Waals surface area contributed by atoms with Gasteiger partial charge in [0.2, 0.25) is 0 Å². The second-order valence-electron chi connectivity index (χ2n) is 6.98. The Morgan fingerprint density at radius 2 is 1.84 bits per heavy atom. The molecule has 0 spiro atoms. The molecule has 1 amide bonds. The number of methoxy groups -OCH3 is 1. The zero-order valence-corrected chi connectivity index (χ0v) is 17.1. The van der Waals surface area contributed by atoms with Gasteiger partial charge in [-0.3, -0.25) is 9.89 Å². The number of anilines is 1. The van der Waals surface area contributed by atoms with E-state index in [2.05, 4.69) is 20.6 Å². The van der Waals surface area contributed by atoms with E-state index in [1.807, 2.05) is 12.1 Å². The van der Waals surface area contributed by atoms with Crippen LogP contribution in [0.1, 0.15) is 21.7 Å². The molecule has 0 aliphatic heterocycles. The number of hydrogen-bond donors (Lipinski definition) is 2. The van der Waals surface area contributed by atoms with E-state index >= 15 is 0 Å². The van der Waals surface area contributed by atoms with Crippen LogP contribution in [0.25, 0.3) is 16.9 Å².